The number of nitrogens with zero attached hydrogens (tertiary/aromatic N) is 5. The van der Waals surface area contributed by atoms with Gasteiger partial charge in [0.25, 0.3) is 5.56 Å². The van der Waals surface area contributed by atoms with Crippen molar-refractivity contribution in [3.63, 3.8) is 0 Å². The number of aryl methyl sites for hydroxylation is 3. The summed E-state index contributed by atoms with van der Waals surface area (Å²) in [5, 5.41) is 0. The van der Waals surface area contributed by atoms with Gasteiger partial charge in [0.05, 0.1) is 5.69 Å². The second kappa shape index (κ2) is 5.70. The standard InChI is InChI=1S/C18H18N6O3/c1-10-6-4-5-7-12(10)24-11(2)8-22-14-15(20-17(22)24)21(3)18(27)23(16(14)26)9-13(19)25/h4-8H,9H2,1-3H3,(H2,19,25). The molecule has 0 bridgehead atoms. The largest absolute Gasteiger partial charge is 0.368 e. The maximum Gasteiger partial charge on any atom is 0.332 e. The number of amides is 1. The van der Waals surface area contributed by atoms with Crippen molar-refractivity contribution < 1.29 is 4.79 Å². The Morgan fingerprint density at radius 2 is 1.89 bits per heavy atom. The van der Waals surface area contributed by atoms with Crippen molar-refractivity contribution in [2.45, 2.75) is 20.4 Å². The first-order valence-corrected chi connectivity index (χ1v) is 8.35. The number of carbonyl (C=O) groups is 1. The molecule has 0 saturated carbocycles. The summed E-state index contributed by atoms with van der Waals surface area (Å²) in [6.07, 6.45) is 1.79. The third kappa shape index (κ3) is 2.31. The summed E-state index contributed by atoms with van der Waals surface area (Å²) in [6, 6.07) is 7.83. The van der Waals surface area contributed by atoms with Crippen molar-refractivity contribution in [2.24, 2.45) is 12.8 Å². The third-order valence-corrected chi connectivity index (χ3v) is 4.70. The number of imidazole rings is 2. The van der Waals surface area contributed by atoms with Gasteiger partial charge < -0.3 is 5.73 Å². The van der Waals surface area contributed by atoms with Gasteiger partial charge >= 0.3 is 5.69 Å². The Morgan fingerprint density at radius 3 is 2.56 bits per heavy atom. The number of carbonyl (C=O) groups excluding carboxylic acids is 1. The Bertz CT molecular complexity index is 1350. The van der Waals surface area contributed by atoms with E-state index < -0.39 is 23.7 Å². The highest BCUT2D eigenvalue weighted by Crippen LogP contribution is 2.22. The fraction of sp³-hybridized carbons (Fsp3) is 0.222. The van der Waals surface area contributed by atoms with E-state index in [4.69, 9.17) is 5.73 Å². The molecule has 4 rings (SSSR count). The number of primary amides is 1. The van der Waals surface area contributed by atoms with E-state index in [1.807, 2.05) is 42.7 Å². The van der Waals surface area contributed by atoms with Gasteiger partial charge in [-0.1, -0.05) is 18.2 Å². The van der Waals surface area contributed by atoms with Gasteiger partial charge in [-0.2, -0.15) is 4.98 Å². The number of fused-ring (bicyclic) bond motifs is 3. The molecule has 9 heteroatoms. The summed E-state index contributed by atoms with van der Waals surface area (Å²) in [4.78, 5) is 41.2. The minimum Gasteiger partial charge on any atom is -0.368 e. The van der Waals surface area contributed by atoms with Crippen LogP contribution in [0.4, 0.5) is 0 Å². The van der Waals surface area contributed by atoms with E-state index in [1.165, 1.54) is 11.6 Å². The molecule has 138 valence electrons. The molecule has 9 nitrogen and oxygen atoms in total. The highest BCUT2D eigenvalue weighted by Gasteiger charge is 2.21. The van der Waals surface area contributed by atoms with Crippen LogP contribution < -0.4 is 17.0 Å². The monoisotopic (exact) mass is 366 g/mol. The molecule has 1 amide bonds. The lowest BCUT2D eigenvalue weighted by molar-refractivity contribution is -0.118. The lowest BCUT2D eigenvalue weighted by atomic mass is 10.2. The van der Waals surface area contributed by atoms with Crippen molar-refractivity contribution in [3.05, 3.63) is 62.6 Å². The van der Waals surface area contributed by atoms with Crippen molar-refractivity contribution in [3.8, 4) is 5.69 Å². The van der Waals surface area contributed by atoms with Gasteiger partial charge in [0, 0.05) is 18.9 Å². The van der Waals surface area contributed by atoms with Gasteiger partial charge in [-0.3, -0.25) is 23.1 Å². The maximum absolute atomic E-state index is 12.9. The molecular formula is C18H18N6O3. The fourth-order valence-corrected chi connectivity index (χ4v) is 3.42. The van der Waals surface area contributed by atoms with Crippen LogP contribution in [-0.2, 0) is 18.4 Å². The molecule has 0 saturated heterocycles. The molecule has 0 aliphatic carbocycles. The summed E-state index contributed by atoms with van der Waals surface area (Å²) in [5.41, 5.74) is 7.30. The second-order valence-electron chi connectivity index (χ2n) is 6.55. The first kappa shape index (κ1) is 16.8. The van der Waals surface area contributed by atoms with Crippen molar-refractivity contribution >= 4 is 22.8 Å². The minimum atomic E-state index is -0.761. The number of aromatic nitrogens is 5. The van der Waals surface area contributed by atoms with Crippen LogP contribution in [0.1, 0.15) is 11.3 Å². The number of rotatable bonds is 3. The Balaban J connectivity index is 2.16. The highest BCUT2D eigenvalue weighted by atomic mass is 16.2. The Morgan fingerprint density at radius 1 is 1.19 bits per heavy atom. The van der Waals surface area contributed by atoms with E-state index in [1.54, 1.807) is 10.6 Å². The van der Waals surface area contributed by atoms with Gasteiger partial charge in [-0.25, -0.2) is 9.36 Å². The van der Waals surface area contributed by atoms with Crippen molar-refractivity contribution in [1.29, 1.82) is 0 Å². The quantitative estimate of drug-likeness (QED) is 0.560. The van der Waals surface area contributed by atoms with E-state index in [2.05, 4.69) is 4.98 Å². The van der Waals surface area contributed by atoms with Crippen LogP contribution in [0.2, 0.25) is 0 Å². The predicted octanol–water partition coefficient (Wildman–Crippen LogP) is 0.241. The number of para-hydroxylation sites is 1. The second-order valence-corrected chi connectivity index (χ2v) is 6.55. The van der Waals surface area contributed by atoms with E-state index in [9.17, 15) is 14.4 Å². The lowest BCUT2D eigenvalue weighted by Gasteiger charge is -2.08. The Labute approximate surface area is 152 Å². The predicted molar refractivity (Wildman–Crippen MR) is 100 cm³/mol. The van der Waals surface area contributed by atoms with Crippen molar-refractivity contribution in [1.82, 2.24) is 23.1 Å². The summed E-state index contributed by atoms with van der Waals surface area (Å²) in [5.74, 6) is -0.247. The molecule has 4 aromatic rings. The first-order chi connectivity index (χ1) is 12.8. The maximum atomic E-state index is 12.9. The zero-order chi connectivity index (χ0) is 19.5. The summed E-state index contributed by atoms with van der Waals surface area (Å²) >= 11 is 0. The van der Waals surface area contributed by atoms with Crippen LogP contribution in [0.3, 0.4) is 0 Å². The van der Waals surface area contributed by atoms with Crippen molar-refractivity contribution in [2.75, 3.05) is 0 Å². The summed E-state index contributed by atoms with van der Waals surface area (Å²) in [7, 11) is 1.51. The number of benzene rings is 1. The van der Waals surface area contributed by atoms with E-state index in [0.717, 1.165) is 21.5 Å². The number of hydrogen-bond donors (Lipinski definition) is 1. The smallest absolute Gasteiger partial charge is 0.332 e. The molecule has 0 fully saturated rings. The van der Waals surface area contributed by atoms with Gasteiger partial charge in [0.1, 0.15) is 6.54 Å². The molecule has 3 aromatic heterocycles. The zero-order valence-electron chi connectivity index (χ0n) is 15.1. The normalized spacial score (nSPS) is 11.5. The molecule has 3 heterocycles. The van der Waals surface area contributed by atoms with Crippen LogP contribution in [-0.4, -0.2) is 29.0 Å². The Hall–Kier alpha value is -3.62. The average molecular weight is 366 g/mol. The van der Waals surface area contributed by atoms with Crippen LogP contribution in [0, 0.1) is 13.8 Å². The summed E-state index contributed by atoms with van der Waals surface area (Å²) in [6.45, 7) is 3.42. The molecule has 1 aromatic carbocycles. The van der Waals surface area contributed by atoms with Crippen LogP contribution in [0.15, 0.2) is 40.1 Å². The van der Waals surface area contributed by atoms with Crippen LogP contribution >= 0.6 is 0 Å². The van der Waals surface area contributed by atoms with Gasteiger partial charge in [0.2, 0.25) is 11.7 Å². The molecule has 2 N–H and O–H groups in total. The molecule has 0 unspecified atom stereocenters. The Kier molecular flexibility index (Phi) is 3.55. The third-order valence-electron chi connectivity index (χ3n) is 4.70. The summed E-state index contributed by atoms with van der Waals surface area (Å²) < 4.78 is 5.66. The molecular weight excluding hydrogens is 348 g/mol. The molecule has 0 radical (unpaired) electrons. The van der Waals surface area contributed by atoms with Crippen LogP contribution in [0.5, 0.6) is 0 Å². The molecule has 0 atom stereocenters. The SMILES string of the molecule is Cc1ccccc1-n1c(C)cn2c3c(=O)n(CC(N)=O)c(=O)n(C)c3nc12. The first-order valence-electron chi connectivity index (χ1n) is 8.35. The lowest BCUT2D eigenvalue weighted by Crippen LogP contribution is -2.42. The van der Waals surface area contributed by atoms with Gasteiger partial charge in [0.15, 0.2) is 11.2 Å². The topological polar surface area (TPSA) is 109 Å². The van der Waals surface area contributed by atoms with Gasteiger partial charge in [-0.15, -0.1) is 0 Å². The average Bonchev–Trinajstić information content (AvgIpc) is 3.12. The fourth-order valence-electron chi connectivity index (χ4n) is 3.42. The van der Waals surface area contributed by atoms with E-state index >= 15 is 0 Å². The molecule has 27 heavy (non-hydrogen) atoms. The van der Waals surface area contributed by atoms with Gasteiger partial charge in [-0.05, 0) is 25.5 Å². The van der Waals surface area contributed by atoms with E-state index in [0.29, 0.717) is 5.78 Å². The minimum absolute atomic E-state index is 0.226. The molecule has 0 aliphatic heterocycles. The highest BCUT2D eigenvalue weighted by molar-refractivity contribution is 5.78. The molecule has 0 spiro atoms. The number of hydrogen-bond acceptors (Lipinski definition) is 4. The van der Waals surface area contributed by atoms with E-state index in [-0.39, 0.29) is 11.2 Å². The number of nitrogens with two attached hydrogens (primary N) is 1. The zero-order valence-corrected chi connectivity index (χ0v) is 15.1. The van der Waals surface area contributed by atoms with Crippen LogP contribution in [0.25, 0.3) is 22.6 Å². The molecule has 0 aliphatic rings.